The number of amides is 2. The molecule has 4 rings (SSSR count). The molecule has 0 saturated carbocycles. The number of hydrogen-bond acceptors (Lipinski definition) is 2. The van der Waals surface area contributed by atoms with Crippen molar-refractivity contribution in [3.63, 3.8) is 0 Å². The van der Waals surface area contributed by atoms with Crippen molar-refractivity contribution in [3.8, 4) is 16.9 Å². The van der Waals surface area contributed by atoms with Gasteiger partial charge in [0.05, 0.1) is 11.3 Å². The van der Waals surface area contributed by atoms with Crippen molar-refractivity contribution in [2.24, 2.45) is 0 Å². The average molecular weight is 520 g/mol. The summed E-state index contributed by atoms with van der Waals surface area (Å²) in [6.45, 7) is 8.61. The minimum absolute atomic E-state index is 0.0201. The number of rotatable bonds is 9. The summed E-state index contributed by atoms with van der Waals surface area (Å²) in [6.07, 6.45) is 6.33. The molecular weight excluding hydrogens is 482 g/mol. The molecule has 1 saturated heterocycles. The van der Waals surface area contributed by atoms with Gasteiger partial charge < -0.3 is 14.4 Å². The summed E-state index contributed by atoms with van der Waals surface area (Å²) in [7, 11) is 0. The topological polar surface area (TPSA) is 45.6 Å². The van der Waals surface area contributed by atoms with E-state index in [-0.39, 0.29) is 11.8 Å². The number of carbonyl (C=O) groups is 2. The molecule has 1 aliphatic rings. The Kier molecular flexibility index (Phi) is 9.09. The number of carbonyl (C=O) groups excluding carboxylic acids is 2. The molecule has 0 N–H and O–H groups in total. The van der Waals surface area contributed by atoms with Crippen LogP contribution in [0, 0.1) is 13.8 Å². The number of aromatic nitrogens is 1. The average Bonchev–Trinajstić information content (AvgIpc) is 3.25. The Morgan fingerprint density at radius 2 is 1.49 bits per heavy atom. The predicted molar refractivity (Wildman–Crippen MR) is 152 cm³/mol. The van der Waals surface area contributed by atoms with Gasteiger partial charge in [-0.2, -0.15) is 0 Å². The molecule has 37 heavy (non-hydrogen) atoms. The summed E-state index contributed by atoms with van der Waals surface area (Å²) in [4.78, 5) is 30.2. The molecule has 0 atom stereocenters. The van der Waals surface area contributed by atoms with Gasteiger partial charge in [0.25, 0.3) is 5.91 Å². The molecule has 0 radical (unpaired) electrons. The van der Waals surface area contributed by atoms with Crippen molar-refractivity contribution in [2.75, 3.05) is 26.2 Å². The van der Waals surface area contributed by atoms with Crippen LogP contribution in [0.25, 0.3) is 16.9 Å². The van der Waals surface area contributed by atoms with Crippen LogP contribution in [0.5, 0.6) is 0 Å². The van der Waals surface area contributed by atoms with Gasteiger partial charge >= 0.3 is 0 Å². The second kappa shape index (κ2) is 12.5. The molecule has 196 valence electrons. The first-order valence-electron chi connectivity index (χ1n) is 13.5. The van der Waals surface area contributed by atoms with Crippen LogP contribution in [-0.2, 0) is 4.79 Å². The van der Waals surface area contributed by atoms with E-state index in [4.69, 9.17) is 11.6 Å². The van der Waals surface area contributed by atoms with Gasteiger partial charge in [0, 0.05) is 49.0 Å². The third-order valence-corrected chi connectivity index (χ3v) is 7.64. The van der Waals surface area contributed by atoms with Crippen LogP contribution < -0.4 is 0 Å². The van der Waals surface area contributed by atoms with Crippen LogP contribution in [0.2, 0.25) is 5.02 Å². The Hall–Kier alpha value is -3.05. The normalized spacial score (nSPS) is 13.7. The Morgan fingerprint density at radius 1 is 0.838 bits per heavy atom. The quantitative estimate of drug-likeness (QED) is 0.284. The Labute approximate surface area is 226 Å². The van der Waals surface area contributed by atoms with Crippen molar-refractivity contribution in [2.45, 2.75) is 59.3 Å². The van der Waals surface area contributed by atoms with Gasteiger partial charge in [0.15, 0.2) is 0 Å². The smallest absolute Gasteiger partial charge is 0.255 e. The number of nitrogens with zero attached hydrogens (tertiary/aromatic N) is 3. The number of hydrogen-bond donors (Lipinski definition) is 0. The van der Waals surface area contributed by atoms with Crippen molar-refractivity contribution >= 4 is 23.4 Å². The lowest BCUT2D eigenvalue weighted by Gasteiger charge is -2.35. The van der Waals surface area contributed by atoms with Gasteiger partial charge in [-0.1, -0.05) is 74.5 Å². The Morgan fingerprint density at radius 3 is 2.16 bits per heavy atom. The van der Waals surface area contributed by atoms with Gasteiger partial charge in [-0.3, -0.25) is 9.59 Å². The first-order valence-corrected chi connectivity index (χ1v) is 13.9. The molecule has 1 aliphatic heterocycles. The number of para-hydroxylation sites is 1. The first kappa shape index (κ1) is 27.0. The summed E-state index contributed by atoms with van der Waals surface area (Å²) in [5.74, 6) is 0.238. The van der Waals surface area contributed by atoms with Gasteiger partial charge in [0.2, 0.25) is 5.91 Å². The standard InChI is InChI=1S/C31H38ClN3O2/c1-4-5-6-7-8-13-30(36)33-18-20-34(21-19-33)31(37)27-22-29(25-14-16-26(32)17-15-25)35(24(27)3)28-12-10-9-11-23(28)2/h9-12,14-17,22H,4-8,13,18-21H2,1-3H3. The maximum Gasteiger partial charge on any atom is 0.255 e. The molecule has 2 heterocycles. The molecule has 1 aromatic heterocycles. The monoisotopic (exact) mass is 519 g/mol. The number of piperazine rings is 1. The highest BCUT2D eigenvalue weighted by Gasteiger charge is 2.28. The molecule has 0 unspecified atom stereocenters. The SMILES string of the molecule is CCCCCCCC(=O)N1CCN(C(=O)c2cc(-c3ccc(Cl)cc3)n(-c3ccccc3C)c2C)CC1. The van der Waals surface area contributed by atoms with E-state index in [9.17, 15) is 9.59 Å². The van der Waals surface area contributed by atoms with E-state index in [0.29, 0.717) is 43.2 Å². The van der Waals surface area contributed by atoms with Crippen molar-refractivity contribution in [1.29, 1.82) is 0 Å². The summed E-state index contributed by atoms with van der Waals surface area (Å²) in [5.41, 5.74) is 5.77. The third kappa shape index (κ3) is 6.27. The van der Waals surface area contributed by atoms with Crippen LogP contribution >= 0.6 is 11.6 Å². The summed E-state index contributed by atoms with van der Waals surface area (Å²) in [6, 6.07) is 18.0. The summed E-state index contributed by atoms with van der Waals surface area (Å²) >= 11 is 6.16. The second-order valence-electron chi connectivity index (χ2n) is 9.99. The highest BCUT2D eigenvalue weighted by molar-refractivity contribution is 6.30. The van der Waals surface area contributed by atoms with Gasteiger partial charge in [0.1, 0.15) is 0 Å². The zero-order valence-electron chi connectivity index (χ0n) is 22.3. The molecule has 6 heteroatoms. The molecular formula is C31H38ClN3O2. The van der Waals surface area contributed by atoms with E-state index in [2.05, 4.69) is 30.5 Å². The molecule has 0 spiro atoms. The third-order valence-electron chi connectivity index (χ3n) is 7.39. The van der Waals surface area contributed by atoms with E-state index in [1.807, 2.05) is 59.2 Å². The number of halogens is 1. The second-order valence-corrected chi connectivity index (χ2v) is 10.4. The van der Waals surface area contributed by atoms with Crippen molar-refractivity contribution in [3.05, 3.63) is 76.4 Å². The molecule has 1 fully saturated rings. The number of benzene rings is 2. The minimum Gasteiger partial charge on any atom is -0.339 e. The Balaban J connectivity index is 1.52. The maximum absolute atomic E-state index is 13.7. The number of aryl methyl sites for hydroxylation is 1. The predicted octanol–water partition coefficient (Wildman–Crippen LogP) is 7.06. The summed E-state index contributed by atoms with van der Waals surface area (Å²) in [5, 5.41) is 0.680. The van der Waals surface area contributed by atoms with Crippen LogP contribution in [-0.4, -0.2) is 52.4 Å². The molecule has 2 amide bonds. The van der Waals surface area contributed by atoms with Crippen LogP contribution in [0.15, 0.2) is 54.6 Å². The molecule has 5 nitrogen and oxygen atoms in total. The minimum atomic E-state index is 0.0201. The highest BCUT2D eigenvalue weighted by Crippen LogP contribution is 2.32. The fraction of sp³-hybridized carbons (Fsp3) is 0.419. The van der Waals surface area contributed by atoms with E-state index in [1.54, 1.807) is 0 Å². The number of unbranched alkanes of at least 4 members (excludes halogenated alkanes) is 4. The lowest BCUT2D eigenvalue weighted by atomic mass is 10.1. The lowest BCUT2D eigenvalue weighted by Crippen LogP contribution is -2.50. The molecule has 2 aromatic carbocycles. The van der Waals surface area contributed by atoms with E-state index in [0.717, 1.165) is 41.0 Å². The van der Waals surface area contributed by atoms with Crippen LogP contribution in [0.3, 0.4) is 0 Å². The Bertz CT molecular complexity index is 1220. The van der Waals surface area contributed by atoms with Crippen LogP contribution in [0.1, 0.15) is 67.1 Å². The van der Waals surface area contributed by atoms with Gasteiger partial charge in [-0.05, 0) is 55.7 Å². The van der Waals surface area contributed by atoms with Gasteiger partial charge in [-0.15, -0.1) is 0 Å². The summed E-state index contributed by atoms with van der Waals surface area (Å²) < 4.78 is 2.17. The molecule has 0 aliphatic carbocycles. The highest BCUT2D eigenvalue weighted by atomic mass is 35.5. The largest absolute Gasteiger partial charge is 0.339 e. The lowest BCUT2D eigenvalue weighted by molar-refractivity contribution is -0.132. The van der Waals surface area contributed by atoms with Gasteiger partial charge in [-0.25, -0.2) is 0 Å². The molecule has 3 aromatic rings. The first-order chi connectivity index (χ1) is 17.9. The van der Waals surface area contributed by atoms with E-state index in [1.165, 1.54) is 19.3 Å². The van der Waals surface area contributed by atoms with E-state index < -0.39 is 0 Å². The van der Waals surface area contributed by atoms with Crippen LogP contribution in [0.4, 0.5) is 0 Å². The fourth-order valence-electron chi connectivity index (χ4n) is 5.15. The fourth-order valence-corrected chi connectivity index (χ4v) is 5.27. The van der Waals surface area contributed by atoms with E-state index >= 15 is 0 Å². The zero-order chi connectivity index (χ0) is 26.4. The van der Waals surface area contributed by atoms with Crippen molar-refractivity contribution in [1.82, 2.24) is 14.4 Å². The van der Waals surface area contributed by atoms with Crippen molar-refractivity contribution < 1.29 is 9.59 Å². The molecule has 0 bridgehead atoms. The maximum atomic E-state index is 13.7. The zero-order valence-corrected chi connectivity index (χ0v) is 23.1.